The fourth-order valence-corrected chi connectivity index (χ4v) is 2.60. The van der Waals surface area contributed by atoms with Crippen LogP contribution in [-0.2, 0) is 10.0 Å². The number of benzene rings is 1. The Balaban J connectivity index is 1.90. The van der Waals surface area contributed by atoms with Crippen LogP contribution in [-0.4, -0.2) is 20.2 Å². The topological polar surface area (TPSA) is 114 Å². The van der Waals surface area contributed by atoms with Crippen LogP contribution in [0.4, 0.5) is 10.5 Å². The van der Waals surface area contributed by atoms with Gasteiger partial charge in [-0.3, -0.25) is 0 Å². The molecule has 0 bridgehead atoms. The van der Waals surface area contributed by atoms with E-state index in [9.17, 15) is 13.2 Å². The summed E-state index contributed by atoms with van der Waals surface area (Å²) in [6.45, 7) is 0. The van der Waals surface area contributed by atoms with Crippen molar-refractivity contribution in [3.05, 3.63) is 24.3 Å². The number of carbonyl (C=O) groups excluding carboxylic acids is 1. The SMILES string of the molecule is NS(=O)(=O)c1ccc(NC(=O)NN=C2CCCCC2)cc1. The van der Waals surface area contributed by atoms with Crippen LogP contribution in [0.5, 0.6) is 0 Å². The summed E-state index contributed by atoms with van der Waals surface area (Å²) in [5.74, 6) is 0. The Morgan fingerprint density at radius 1 is 1.10 bits per heavy atom. The van der Waals surface area contributed by atoms with Crippen molar-refractivity contribution < 1.29 is 13.2 Å². The lowest BCUT2D eigenvalue weighted by Crippen LogP contribution is -2.26. The summed E-state index contributed by atoms with van der Waals surface area (Å²) in [5.41, 5.74) is 3.90. The highest BCUT2D eigenvalue weighted by Gasteiger charge is 2.09. The van der Waals surface area contributed by atoms with Gasteiger partial charge in [-0.05, 0) is 49.9 Å². The van der Waals surface area contributed by atoms with Crippen LogP contribution in [0.2, 0.25) is 0 Å². The van der Waals surface area contributed by atoms with Crippen LogP contribution in [0.15, 0.2) is 34.3 Å². The zero-order valence-electron chi connectivity index (χ0n) is 11.5. The molecule has 0 heterocycles. The molecule has 0 radical (unpaired) electrons. The van der Waals surface area contributed by atoms with E-state index in [1.807, 2.05) is 0 Å². The van der Waals surface area contributed by atoms with Gasteiger partial charge in [0.05, 0.1) is 4.90 Å². The van der Waals surface area contributed by atoms with E-state index in [-0.39, 0.29) is 4.90 Å². The van der Waals surface area contributed by atoms with E-state index < -0.39 is 16.1 Å². The number of urea groups is 1. The molecule has 4 N–H and O–H groups in total. The van der Waals surface area contributed by atoms with Gasteiger partial charge in [-0.1, -0.05) is 6.42 Å². The molecule has 8 heteroatoms. The van der Waals surface area contributed by atoms with Gasteiger partial charge in [-0.2, -0.15) is 5.10 Å². The number of anilines is 1. The van der Waals surface area contributed by atoms with Gasteiger partial charge < -0.3 is 5.32 Å². The molecule has 7 nitrogen and oxygen atoms in total. The zero-order valence-corrected chi connectivity index (χ0v) is 12.3. The van der Waals surface area contributed by atoms with Gasteiger partial charge in [0, 0.05) is 11.4 Å². The molecule has 0 unspecified atom stereocenters. The Hall–Kier alpha value is -1.93. The Labute approximate surface area is 123 Å². The third-order valence-corrected chi connectivity index (χ3v) is 4.12. The van der Waals surface area contributed by atoms with Crippen molar-refractivity contribution in [2.45, 2.75) is 37.0 Å². The molecule has 0 atom stereocenters. The van der Waals surface area contributed by atoms with Crippen molar-refractivity contribution in [1.82, 2.24) is 5.43 Å². The smallest absolute Gasteiger partial charge is 0.307 e. The highest BCUT2D eigenvalue weighted by Crippen LogP contribution is 2.14. The molecule has 0 saturated heterocycles. The van der Waals surface area contributed by atoms with Gasteiger partial charge in [0.25, 0.3) is 0 Å². The molecule has 1 fully saturated rings. The van der Waals surface area contributed by atoms with Gasteiger partial charge >= 0.3 is 6.03 Å². The Bertz CT molecular complexity index is 630. The zero-order chi connectivity index (χ0) is 15.3. The molecule has 0 aliphatic heterocycles. The summed E-state index contributed by atoms with van der Waals surface area (Å²) in [7, 11) is -3.72. The van der Waals surface area contributed by atoms with Crippen molar-refractivity contribution >= 4 is 27.5 Å². The minimum atomic E-state index is -3.72. The predicted octanol–water partition coefficient (Wildman–Crippen LogP) is 1.78. The van der Waals surface area contributed by atoms with E-state index in [0.717, 1.165) is 31.4 Å². The van der Waals surface area contributed by atoms with Crippen molar-refractivity contribution in [3.63, 3.8) is 0 Å². The van der Waals surface area contributed by atoms with Crippen LogP contribution in [0, 0.1) is 0 Å². The molecule has 1 saturated carbocycles. The summed E-state index contributed by atoms with van der Waals surface area (Å²) >= 11 is 0. The molecule has 2 rings (SSSR count). The molecule has 114 valence electrons. The lowest BCUT2D eigenvalue weighted by molar-refractivity contribution is 0.252. The van der Waals surface area contributed by atoms with Gasteiger partial charge in [-0.15, -0.1) is 0 Å². The lowest BCUT2D eigenvalue weighted by atomic mass is 9.99. The summed E-state index contributed by atoms with van der Waals surface area (Å²) in [5, 5.41) is 11.6. The number of nitrogens with two attached hydrogens (primary N) is 1. The number of nitrogens with zero attached hydrogens (tertiary/aromatic N) is 1. The van der Waals surface area contributed by atoms with Crippen LogP contribution in [0.3, 0.4) is 0 Å². The van der Waals surface area contributed by atoms with E-state index >= 15 is 0 Å². The normalized spacial score (nSPS) is 15.4. The molecule has 1 aromatic rings. The third-order valence-electron chi connectivity index (χ3n) is 3.19. The third kappa shape index (κ3) is 4.83. The molecule has 1 aliphatic rings. The number of amides is 2. The van der Waals surface area contributed by atoms with E-state index in [1.165, 1.54) is 30.7 Å². The molecule has 1 aliphatic carbocycles. The molecular weight excluding hydrogens is 292 g/mol. The second-order valence-corrected chi connectivity index (χ2v) is 6.44. The van der Waals surface area contributed by atoms with Gasteiger partial charge in [0.15, 0.2) is 0 Å². The average Bonchev–Trinajstić information content (AvgIpc) is 2.46. The number of hydrazone groups is 1. The van der Waals surface area contributed by atoms with Crippen molar-refractivity contribution in [2.24, 2.45) is 10.2 Å². The fraction of sp³-hybridized carbons (Fsp3) is 0.385. The Kier molecular flexibility index (Phi) is 4.92. The second-order valence-electron chi connectivity index (χ2n) is 4.87. The minimum Gasteiger partial charge on any atom is -0.307 e. The van der Waals surface area contributed by atoms with Crippen molar-refractivity contribution in [3.8, 4) is 0 Å². The first-order valence-electron chi connectivity index (χ1n) is 6.70. The lowest BCUT2D eigenvalue weighted by Gasteiger charge is -2.12. The highest BCUT2D eigenvalue weighted by molar-refractivity contribution is 7.89. The van der Waals surface area contributed by atoms with Crippen molar-refractivity contribution in [2.75, 3.05) is 5.32 Å². The molecule has 0 aromatic heterocycles. The van der Waals surface area contributed by atoms with E-state index in [4.69, 9.17) is 5.14 Å². The molecule has 2 amide bonds. The molecular formula is C13H18N4O3S. The monoisotopic (exact) mass is 310 g/mol. The van der Waals surface area contributed by atoms with Crippen LogP contribution < -0.4 is 15.9 Å². The number of rotatable bonds is 3. The van der Waals surface area contributed by atoms with E-state index in [1.54, 1.807) is 0 Å². The van der Waals surface area contributed by atoms with E-state index in [2.05, 4.69) is 15.8 Å². The summed E-state index contributed by atoms with van der Waals surface area (Å²) in [6, 6.07) is 5.13. The van der Waals surface area contributed by atoms with E-state index in [0.29, 0.717) is 5.69 Å². The van der Waals surface area contributed by atoms with Crippen LogP contribution >= 0.6 is 0 Å². The number of hydrogen-bond donors (Lipinski definition) is 3. The maximum Gasteiger partial charge on any atom is 0.339 e. The van der Waals surface area contributed by atoms with Crippen LogP contribution in [0.1, 0.15) is 32.1 Å². The number of hydrogen-bond acceptors (Lipinski definition) is 4. The second kappa shape index (κ2) is 6.68. The first-order chi connectivity index (χ1) is 9.95. The average molecular weight is 310 g/mol. The predicted molar refractivity (Wildman–Crippen MR) is 80.5 cm³/mol. The number of nitrogens with one attached hydrogen (secondary N) is 2. The summed E-state index contributed by atoms with van der Waals surface area (Å²) in [4.78, 5) is 11.7. The standard InChI is InChI=1S/C13H18N4O3S/c14-21(19,20)12-8-6-10(7-9-12)15-13(18)17-16-11-4-2-1-3-5-11/h6-9H,1-5H2,(H2,14,19,20)(H2,15,17,18). The van der Waals surface area contributed by atoms with Gasteiger partial charge in [0.2, 0.25) is 10.0 Å². The minimum absolute atomic E-state index is 0.00379. The largest absolute Gasteiger partial charge is 0.339 e. The van der Waals surface area contributed by atoms with Crippen LogP contribution in [0.25, 0.3) is 0 Å². The highest BCUT2D eigenvalue weighted by atomic mass is 32.2. The molecule has 0 spiro atoms. The first kappa shape index (κ1) is 15.5. The summed E-state index contributed by atoms with van der Waals surface area (Å²) in [6.07, 6.45) is 5.27. The first-order valence-corrected chi connectivity index (χ1v) is 8.25. The van der Waals surface area contributed by atoms with Crippen molar-refractivity contribution in [1.29, 1.82) is 0 Å². The van der Waals surface area contributed by atoms with Gasteiger partial charge in [0.1, 0.15) is 0 Å². The quantitative estimate of drug-likeness (QED) is 0.739. The number of sulfonamides is 1. The summed E-state index contributed by atoms with van der Waals surface area (Å²) < 4.78 is 22.2. The molecule has 21 heavy (non-hydrogen) atoms. The maximum atomic E-state index is 11.7. The Morgan fingerprint density at radius 3 is 2.29 bits per heavy atom. The van der Waals surface area contributed by atoms with Gasteiger partial charge in [-0.25, -0.2) is 23.8 Å². The Morgan fingerprint density at radius 2 is 1.71 bits per heavy atom. The fourth-order valence-electron chi connectivity index (χ4n) is 2.09. The maximum absolute atomic E-state index is 11.7. The number of primary sulfonamides is 1. The molecule has 1 aromatic carbocycles. The number of carbonyl (C=O) groups is 1.